The smallest absolute Gasteiger partial charge is 0.332 e. The van der Waals surface area contributed by atoms with Gasteiger partial charge in [0.15, 0.2) is 12.2 Å². The second kappa shape index (κ2) is 11.8. The Hall–Kier alpha value is -3.75. The van der Waals surface area contributed by atoms with Gasteiger partial charge in [0.1, 0.15) is 18.9 Å². The number of hydrogen-bond donors (Lipinski definition) is 2. The van der Waals surface area contributed by atoms with Crippen molar-refractivity contribution in [1.29, 1.82) is 0 Å². The average molecular weight is 475 g/mol. The van der Waals surface area contributed by atoms with E-state index < -0.39 is 72.7 Å². The van der Waals surface area contributed by atoms with Crippen LogP contribution in [0.5, 0.6) is 0 Å². The molecular weight excluding hydrogens is 450 g/mol. The number of hydrazone groups is 1. The lowest BCUT2D eigenvalue weighted by atomic mass is 9.92. The summed E-state index contributed by atoms with van der Waals surface area (Å²) in [5.41, 5.74) is 6.81. The Morgan fingerprint density at radius 2 is 1.42 bits per heavy atom. The molecule has 0 aromatic carbocycles. The first-order chi connectivity index (χ1) is 15.3. The zero-order valence-corrected chi connectivity index (χ0v) is 18.5. The van der Waals surface area contributed by atoms with Crippen molar-refractivity contribution in [2.75, 3.05) is 6.61 Å². The minimum absolute atomic E-state index is 0.571. The summed E-state index contributed by atoms with van der Waals surface area (Å²) in [4.78, 5) is 69.7. The molecule has 1 rings (SSSR count). The van der Waals surface area contributed by atoms with Crippen molar-refractivity contribution in [3.63, 3.8) is 0 Å². The van der Waals surface area contributed by atoms with Crippen molar-refractivity contribution >= 4 is 42.1 Å². The maximum absolute atomic E-state index is 11.9. The normalized spacial score (nSPS) is 26.6. The molecule has 184 valence electrons. The number of nitrogens with one attached hydrogen (secondary N) is 1. The number of esters is 5. The van der Waals surface area contributed by atoms with Crippen molar-refractivity contribution in [2.24, 2.45) is 10.8 Å². The predicted octanol–water partition coefficient (Wildman–Crippen LogP) is -1.34. The molecule has 5 atom stereocenters. The minimum Gasteiger partial charge on any atom is -0.463 e. The van der Waals surface area contributed by atoms with Gasteiger partial charge in [0.05, 0.1) is 0 Å². The number of carbonyl (C=O) groups excluding carboxylic acids is 6. The van der Waals surface area contributed by atoms with Gasteiger partial charge in [0.2, 0.25) is 6.10 Å². The van der Waals surface area contributed by atoms with E-state index in [0.717, 1.165) is 34.6 Å². The molecule has 0 unspecified atom stereocenters. The molecule has 15 heteroatoms. The van der Waals surface area contributed by atoms with Crippen LogP contribution in [-0.4, -0.2) is 78.9 Å². The molecule has 15 nitrogen and oxygen atoms in total. The summed E-state index contributed by atoms with van der Waals surface area (Å²) in [5, 5.41) is 3.51. The molecule has 0 aromatic heterocycles. The molecule has 0 aromatic rings. The maximum Gasteiger partial charge on any atom is 0.332 e. The van der Waals surface area contributed by atoms with Gasteiger partial charge in [-0.1, -0.05) is 0 Å². The van der Waals surface area contributed by atoms with Gasteiger partial charge in [-0.15, -0.1) is 0 Å². The lowest BCUT2D eigenvalue weighted by Crippen LogP contribution is -2.70. The third kappa shape index (κ3) is 8.36. The van der Waals surface area contributed by atoms with Crippen molar-refractivity contribution in [2.45, 2.75) is 64.8 Å². The quantitative estimate of drug-likeness (QED) is 0.181. The number of nitrogens with zero attached hydrogens (tertiary/aromatic N) is 1. The van der Waals surface area contributed by atoms with Crippen molar-refractivity contribution < 1.29 is 57.2 Å². The minimum atomic E-state index is -2.44. The highest BCUT2D eigenvalue weighted by atomic mass is 16.8. The summed E-state index contributed by atoms with van der Waals surface area (Å²) in [5.74, 6) is -6.84. The van der Waals surface area contributed by atoms with E-state index in [1.165, 1.54) is 0 Å². The molecule has 0 aliphatic carbocycles. The summed E-state index contributed by atoms with van der Waals surface area (Å²) >= 11 is 0. The second-order valence-electron chi connectivity index (χ2n) is 6.69. The first-order valence-electron chi connectivity index (χ1n) is 9.39. The van der Waals surface area contributed by atoms with E-state index in [2.05, 4.69) is 5.10 Å². The molecule has 3 N–H and O–H groups in total. The molecule has 0 radical (unpaired) electrons. The summed E-state index contributed by atoms with van der Waals surface area (Å²) in [6, 6.07) is -1.10. The fraction of sp³-hybridized carbons (Fsp3) is 0.611. The van der Waals surface area contributed by atoms with E-state index >= 15 is 0 Å². The molecule has 0 bridgehead atoms. The van der Waals surface area contributed by atoms with E-state index in [1.54, 1.807) is 0 Å². The number of carbonyl (C=O) groups is 6. The van der Waals surface area contributed by atoms with Crippen molar-refractivity contribution in [1.82, 2.24) is 5.43 Å². The first kappa shape index (κ1) is 27.3. The van der Waals surface area contributed by atoms with Crippen LogP contribution in [0.25, 0.3) is 0 Å². The van der Waals surface area contributed by atoms with E-state index in [1.807, 2.05) is 5.43 Å². The molecule has 0 spiro atoms. The lowest BCUT2D eigenvalue weighted by Gasteiger charge is -2.48. The van der Waals surface area contributed by atoms with Gasteiger partial charge in [0, 0.05) is 34.6 Å². The third-order valence-electron chi connectivity index (χ3n) is 3.79. The van der Waals surface area contributed by atoms with Gasteiger partial charge < -0.3 is 34.2 Å². The SMILES string of the molecule is CC(=O)OC[C@@H]1O[C@@](/C=N/NC(N)=O)(OC(C)=O)[C@H](OC(C)=O)[C@H](OC(C)=O)[C@H]1OC(C)=O. The highest BCUT2D eigenvalue weighted by molar-refractivity contribution is 5.78. The van der Waals surface area contributed by atoms with Crippen LogP contribution in [0.1, 0.15) is 34.6 Å². The molecular formula is C18H25N3O12. The van der Waals surface area contributed by atoms with Crippen LogP contribution in [0.4, 0.5) is 4.79 Å². The average Bonchev–Trinajstić information content (AvgIpc) is 2.63. The zero-order valence-electron chi connectivity index (χ0n) is 18.5. The van der Waals surface area contributed by atoms with Gasteiger partial charge >= 0.3 is 35.9 Å². The number of nitrogens with two attached hydrogens (primary N) is 1. The summed E-state index contributed by atoms with van der Waals surface area (Å²) in [6.07, 6.45) is -5.62. The summed E-state index contributed by atoms with van der Waals surface area (Å²) in [6.45, 7) is 4.55. The molecule has 2 amide bonds. The van der Waals surface area contributed by atoms with Crippen molar-refractivity contribution in [3.8, 4) is 0 Å². The van der Waals surface area contributed by atoms with Gasteiger partial charge in [-0.3, -0.25) is 24.0 Å². The maximum atomic E-state index is 11.9. The van der Waals surface area contributed by atoms with Crippen LogP contribution in [0.3, 0.4) is 0 Å². The van der Waals surface area contributed by atoms with Crippen LogP contribution in [0, 0.1) is 0 Å². The third-order valence-corrected chi connectivity index (χ3v) is 3.79. The zero-order chi connectivity index (χ0) is 25.3. The number of primary amides is 1. The molecule has 0 saturated carbocycles. The van der Waals surface area contributed by atoms with Crippen LogP contribution in [-0.2, 0) is 52.4 Å². The first-order valence-corrected chi connectivity index (χ1v) is 9.39. The number of hydrogen-bond acceptors (Lipinski definition) is 13. The molecule has 1 heterocycles. The lowest BCUT2D eigenvalue weighted by molar-refractivity contribution is -0.324. The Labute approximate surface area is 187 Å². The Bertz CT molecular complexity index is 828. The Morgan fingerprint density at radius 3 is 1.88 bits per heavy atom. The Morgan fingerprint density at radius 1 is 0.879 bits per heavy atom. The Kier molecular flexibility index (Phi) is 9.72. The van der Waals surface area contributed by atoms with E-state index in [0.29, 0.717) is 6.21 Å². The largest absolute Gasteiger partial charge is 0.463 e. The molecule has 1 saturated heterocycles. The Balaban J connectivity index is 3.71. The van der Waals surface area contributed by atoms with Crippen LogP contribution < -0.4 is 11.2 Å². The number of ether oxygens (including phenoxy) is 6. The highest BCUT2D eigenvalue weighted by Gasteiger charge is 2.62. The molecule has 1 fully saturated rings. The van der Waals surface area contributed by atoms with Crippen LogP contribution >= 0.6 is 0 Å². The summed E-state index contributed by atoms with van der Waals surface area (Å²) in [7, 11) is 0. The van der Waals surface area contributed by atoms with Crippen molar-refractivity contribution in [3.05, 3.63) is 0 Å². The topological polar surface area (TPSA) is 208 Å². The highest BCUT2D eigenvalue weighted by Crippen LogP contribution is 2.36. The van der Waals surface area contributed by atoms with Crippen LogP contribution in [0.15, 0.2) is 5.10 Å². The van der Waals surface area contributed by atoms with Gasteiger partial charge in [-0.25, -0.2) is 10.2 Å². The van der Waals surface area contributed by atoms with E-state index in [-0.39, 0.29) is 0 Å². The molecule has 33 heavy (non-hydrogen) atoms. The van der Waals surface area contributed by atoms with Gasteiger partial charge in [-0.2, -0.15) is 5.10 Å². The van der Waals surface area contributed by atoms with Gasteiger partial charge in [0.25, 0.3) is 5.79 Å². The monoisotopic (exact) mass is 475 g/mol. The number of amides is 2. The molecule has 1 aliphatic rings. The van der Waals surface area contributed by atoms with E-state index in [4.69, 9.17) is 34.2 Å². The van der Waals surface area contributed by atoms with Gasteiger partial charge in [-0.05, 0) is 0 Å². The summed E-state index contributed by atoms with van der Waals surface area (Å²) < 4.78 is 31.6. The molecule has 1 aliphatic heterocycles. The fourth-order valence-corrected chi connectivity index (χ4v) is 2.92. The number of urea groups is 1. The second-order valence-corrected chi connectivity index (χ2v) is 6.69. The number of rotatable bonds is 8. The standard InChI is InChI=1S/C18H25N3O12/c1-8(22)28-6-13-14(29-9(2)23)15(30-10(3)24)16(31-11(4)25)18(33-13,32-12(5)26)7-20-21-17(19)27/h7,13-16H,6H2,1-5H3,(H3,19,21,27)/b20-7+/t13-,14-,15+,16+,18+/m0/s1. The van der Waals surface area contributed by atoms with E-state index in [9.17, 15) is 28.8 Å². The predicted molar refractivity (Wildman–Crippen MR) is 104 cm³/mol. The fourth-order valence-electron chi connectivity index (χ4n) is 2.92. The van der Waals surface area contributed by atoms with Crippen LogP contribution in [0.2, 0.25) is 0 Å².